The topological polar surface area (TPSA) is 96.7 Å². The number of nitrogens with one attached hydrogen (secondary N) is 2. The van der Waals surface area contributed by atoms with E-state index in [1.807, 2.05) is 32.0 Å². The molecule has 106 valence electrons. The molecule has 0 atom stereocenters. The number of nitrogens with zero attached hydrogens (tertiary/aromatic N) is 2. The summed E-state index contributed by atoms with van der Waals surface area (Å²) in [6.07, 6.45) is 1.73. The summed E-state index contributed by atoms with van der Waals surface area (Å²) in [5.41, 5.74) is 9.13. The highest BCUT2D eigenvalue weighted by Crippen LogP contribution is 2.15. The number of aromatic amines is 1. The molecule has 4 N–H and O–H groups in total. The van der Waals surface area contributed by atoms with Gasteiger partial charge in [-0.1, -0.05) is 19.4 Å². The Bertz CT molecular complexity index is 605. The molecule has 6 heteroatoms. The minimum Gasteiger partial charge on any atom is -0.395 e. The number of nitrogens with two attached hydrogens (primary N) is 1. The van der Waals surface area contributed by atoms with Crippen molar-refractivity contribution in [3.8, 4) is 0 Å². The Morgan fingerprint density at radius 1 is 1.45 bits per heavy atom. The molecule has 20 heavy (non-hydrogen) atoms. The van der Waals surface area contributed by atoms with Crippen LogP contribution in [0.2, 0.25) is 0 Å². The number of carbonyl (C=O) groups excluding carboxylic acids is 1. The maximum absolute atomic E-state index is 12.0. The van der Waals surface area contributed by atoms with Crippen LogP contribution in [0.15, 0.2) is 18.2 Å². The first-order valence-electron chi connectivity index (χ1n) is 6.65. The first-order valence-corrected chi connectivity index (χ1v) is 6.65. The van der Waals surface area contributed by atoms with Gasteiger partial charge in [0.15, 0.2) is 5.69 Å². The molecule has 0 aliphatic heterocycles. The van der Waals surface area contributed by atoms with Gasteiger partial charge in [0.05, 0.1) is 23.6 Å². The number of H-pyrrole nitrogens is 1. The van der Waals surface area contributed by atoms with Crippen molar-refractivity contribution in [3.63, 3.8) is 0 Å². The fourth-order valence-electron chi connectivity index (χ4n) is 1.95. The zero-order valence-electron chi connectivity index (χ0n) is 11.7. The predicted octanol–water partition coefficient (Wildman–Crippen LogP) is 1.58. The fourth-order valence-corrected chi connectivity index (χ4v) is 1.95. The van der Waals surface area contributed by atoms with E-state index in [1.54, 1.807) is 0 Å². The number of amides is 1. The Balaban J connectivity index is 2.02. The molecule has 2 aromatic rings. The average molecular weight is 273 g/mol. The quantitative estimate of drug-likeness (QED) is 0.770. The monoisotopic (exact) mass is 273 g/mol. The molecule has 0 aromatic carbocycles. The molecule has 6 nitrogen and oxygen atoms in total. The zero-order valence-corrected chi connectivity index (χ0v) is 11.7. The van der Waals surface area contributed by atoms with Crippen LogP contribution in [0.3, 0.4) is 0 Å². The highest BCUT2D eigenvalue weighted by molar-refractivity contribution is 5.97. The van der Waals surface area contributed by atoms with E-state index in [0.717, 1.165) is 29.9 Å². The lowest BCUT2D eigenvalue weighted by atomic mass is 10.2. The molecule has 0 spiro atoms. The number of aromatic nitrogens is 3. The van der Waals surface area contributed by atoms with Gasteiger partial charge in [-0.3, -0.25) is 14.9 Å². The van der Waals surface area contributed by atoms with Crippen molar-refractivity contribution in [2.75, 3.05) is 5.73 Å². The highest BCUT2D eigenvalue weighted by Gasteiger charge is 2.16. The molecule has 0 aliphatic rings. The summed E-state index contributed by atoms with van der Waals surface area (Å²) in [5, 5.41) is 9.57. The molecule has 2 aromatic heterocycles. The van der Waals surface area contributed by atoms with Crippen molar-refractivity contribution in [1.29, 1.82) is 0 Å². The fraction of sp³-hybridized carbons (Fsp3) is 0.357. The SMILES string of the molecule is CCCc1[nH]nc(C(=O)NCc2cccc(C)n2)c1N. The number of pyridine rings is 1. The standard InChI is InChI=1S/C14H19N5O/c1-3-5-11-12(15)13(19-18-11)14(20)16-8-10-7-4-6-9(2)17-10/h4,6-7H,3,5,8,15H2,1-2H3,(H,16,20)(H,18,19). The number of nitrogen functional groups attached to an aromatic ring is 1. The summed E-state index contributed by atoms with van der Waals surface area (Å²) in [4.78, 5) is 16.4. The largest absolute Gasteiger partial charge is 0.395 e. The van der Waals surface area contributed by atoms with Gasteiger partial charge < -0.3 is 11.1 Å². The molecular formula is C14H19N5O. The summed E-state index contributed by atoms with van der Waals surface area (Å²) in [7, 11) is 0. The third-order valence-electron chi connectivity index (χ3n) is 2.97. The van der Waals surface area contributed by atoms with Crippen LogP contribution in [-0.2, 0) is 13.0 Å². The summed E-state index contributed by atoms with van der Waals surface area (Å²) in [6, 6.07) is 5.68. The molecular weight excluding hydrogens is 254 g/mol. The van der Waals surface area contributed by atoms with Crippen LogP contribution in [0.4, 0.5) is 5.69 Å². The van der Waals surface area contributed by atoms with E-state index >= 15 is 0 Å². The minimum absolute atomic E-state index is 0.251. The highest BCUT2D eigenvalue weighted by atomic mass is 16.1. The first kappa shape index (κ1) is 14.0. The lowest BCUT2D eigenvalue weighted by Gasteiger charge is -2.04. The predicted molar refractivity (Wildman–Crippen MR) is 77.1 cm³/mol. The van der Waals surface area contributed by atoms with Crippen molar-refractivity contribution in [3.05, 3.63) is 41.0 Å². The Morgan fingerprint density at radius 3 is 2.95 bits per heavy atom. The lowest BCUT2D eigenvalue weighted by Crippen LogP contribution is -2.24. The number of carbonyl (C=O) groups is 1. The van der Waals surface area contributed by atoms with E-state index in [1.165, 1.54) is 0 Å². The lowest BCUT2D eigenvalue weighted by molar-refractivity contribution is 0.0946. The summed E-state index contributed by atoms with van der Waals surface area (Å²) >= 11 is 0. The van der Waals surface area contributed by atoms with E-state index in [9.17, 15) is 4.79 Å². The molecule has 0 saturated carbocycles. The van der Waals surface area contributed by atoms with Gasteiger partial charge in [0.1, 0.15) is 0 Å². The van der Waals surface area contributed by atoms with Gasteiger partial charge in [0.2, 0.25) is 0 Å². The second-order valence-electron chi connectivity index (χ2n) is 4.67. The van der Waals surface area contributed by atoms with E-state index in [0.29, 0.717) is 12.2 Å². The van der Waals surface area contributed by atoms with E-state index < -0.39 is 0 Å². The molecule has 1 amide bonds. The molecule has 0 fully saturated rings. The minimum atomic E-state index is -0.288. The zero-order chi connectivity index (χ0) is 14.5. The van der Waals surface area contributed by atoms with E-state index in [-0.39, 0.29) is 11.6 Å². The Morgan fingerprint density at radius 2 is 2.25 bits per heavy atom. The Hall–Kier alpha value is -2.37. The van der Waals surface area contributed by atoms with Crippen LogP contribution in [0.1, 0.15) is 40.9 Å². The molecule has 0 bridgehead atoms. The van der Waals surface area contributed by atoms with Gasteiger partial charge in [0.25, 0.3) is 5.91 Å². The van der Waals surface area contributed by atoms with Crippen LogP contribution in [0.5, 0.6) is 0 Å². The van der Waals surface area contributed by atoms with Crippen molar-refractivity contribution in [2.24, 2.45) is 0 Å². The second-order valence-corrected chi connectivity index (χ2v) is 4.67. The van der Waals surface area contributed by atoms with Crippen molar-refractivity contribution in [1.82, 2.24) is 20.5 Å². The van der Waals surface area contributed by atoms with Crippen LogP contribution in [-0.4, -0.2) is 21.1 Å². The number of anilines is 1. The molecule has 2 rings (SSSR count). The summed E-state index contributed by atoms with van der Waals surface area (Å²) < 4.78 is 0. The average Bonchev–Trinajstić information content (AvgIpc) is 2.78. The first-order chi connectivity index (χ1) is 9.61. The Labute approximate surface area is 117 Å². The maximum atomic E-state index is 12.0. The van der Waals surface area contributed by atoms with Crippen LogP contribution in [0.25, 0.3) is 0 Å². The van der Waals surface area contributed by atoms with Gasteiger partial charge in [0, 0.05) is 5.69 Å². The smallest absolute Gasteiger partial charge is 0.274 e. The molecule has 0 unspecified atom stereocenters. The van der Waals surface area contributed by atoms with E-state index in [2.05, 4.69) is 20.5 Å². The third-order valence-corrected chi connectivity index (χ3v) is 2.97. The van der Waals surface area contributed by atoms with Gasteiger partial charge in [-0.2, -0.15) is 5.10 Å². The van der Waals surface area contributed by atoms with E-state index in [4.69, 9.17) is 5.73 Å². The van der Waals surface area contributed by atoms with Gasteiger partial charge in [-0.15, -0.1) is 0 Å². The molecule has 2 heterocycles. The number of aryl methyl sites for hydroxylation is 2. The van der Waals surface area contributed by atoms with Crippen LogP contribution >= 0.6 is 0 Å². The molecule has 0 aliphatic carbocycles. The maximum Gasteiger partial charge on any atom is 0.274 e. The van der Waals surface area contributed by atoms with Crippen molar-refractivity contribution < 1.29 is 4.79 Å². The summed E-state index contributed by atoms with van der Waals surface area (Å²) in [6.45, 7) is 4.31. The van der Waals surface area contributed by atoms with Gasteiger partial charge >= 0.3 is 0 Å². The molecule has 0 saturated heterocycles. The van der Waals surface area contributed by atoms with Crippen LogP contribution in [0, 0.1) is 6.92 Å². The van der Waals surface area contributed by atoms with Crippen LogP contribution < -0.4 is 11.1 Å². The third kappa shape index (κ3) is 3.14. The normalized spacial score (nSPS) is 10.5. The number of hydrogen-bond donors (Lipinski definition) is 3. The van der Waals surface area contributed by atoms with Gasteiger partial charge in [-0.05, 0) is 25.5 Å². The van der Waals surface area contributed by atoms with Gasteiger partial charge in [-0.25, -0.2) is 0 Å². The summed E-state index contributed by atoms with van der Waals surface area (Å²) in [5.74, 6) is -0.288. The number of hydrogen-bond acceptors (Lipinski definition) is 4. The van der Waals surface area contributed by atoms with Crippen molar-refractivity contribution in [2.45, 2.75) is 33.2 Å². The second kappa shape index (κ2) is 6.18. The number of rotatable bonds is 5. The Kier molecular flexibility index (Phi) is 4.34. The molecule has 0 radical (unpaired) electrons. The van der Waals surface area contributed by atoms with Crippen molar-refractivity contribution >= 4 is 11.6 Å².